The Labute approximate surface area is 116 Å². The number of hydrogen-bond donors (Lipinski definition) is 2. The van der Waals surface area contributed by atoms with E-state index < -0.39 is 5.97 Å². The molecule has 1 atom stereocenters. The van der Waals surface area contributed by atoms with Crippen molar-refractivity contribution in [3.05, 3.63) is 28.2 Å². The van der Waals surface area contributed by atoms with Gasteiger partial charge in [0.2, 0.25) is 0 Å². The maximum Gasteiger partial charge on any atom is 0.336 e. The lowest BCUT2D eigenvalue weighted by molar-refractivity contribution is 0.0696. The van der Waals surface area contributed by atoms with Crippen LogP contribution < -0.4 is 5.32 Å². The van der Waals surface area contributed by atoms with Crippen LogP contribution in [-0.2, 0) is 0 Å². The van der Waals surface area contributed by atoms with E-state index in [4.69, 9.17) is 5.11 Å². The zero-order valence-corrected chi connectivity index (χ0v) is 12.3. The SMILES string of the molecule is CC1(C)CCC(Nc2ccc(C(=O)O)c(Br)c2)C1. The van der Waals surface area contributed by atoms with Gasteiger partial charge in [-0.2, -0.15) is 0 Å². The number of anilines is 1. The zero-order chi connectivity index (χ0) is 13.3. The van der Waals surface area contributed by atoms with Gasteiger partial charge in [-0.3, -0.25) is 0 Å². The standard InChI is InChI=1S/C14H18BrNO2/c1-14(2)6-5-10(8-14)16-9-3-4-11(13(17)18)12(15)7-9/h3-4,7,10,16H,5-6,8H2,1-2H3,(H,17,18). The normalized spacial score (nSPS) is 21.8. The van der Waals surface area contributed by atoms with Crippen LogP contribution in [0.4, 0.5) is 5.69 Å². The molecule has 0 aromatic heterocycles. The molecule has 1 aromatic rings. The third-order valence-corrected chi connectivity index (χ3v) is 4.19. The number of nitrogens with one attached hydrogen (secondary N) is 1. The number of carboxylic acids is 1. The third kappa shape index (κ3) is 3.05. The van der Waals surface area contributed by atoms with Crippen LogP contribution in [0.1, 0.15) is 43.5 Å². The molecule has 0 saturated heterocycles. The molecule has 0 radical (unpaired) electrons. The molecule has 0 bridgehead atoms. The van der Waals surface area contributed by atoms with Gasteiger partial charge in [-0.1, -0.05) is 13.8 Å². The Kier molecular flexibility index (Phi) is 3.66. The van der Waals surface area contributed by atoms with E-state index in [0.29, 0.717) is 21.5 Å². The summed E-state index contributed by atoms with van der Waals surface area (Å²) < 4.78 is 0.622. The summed E-state index contributed by atoms with van der Waals surface area (Å²) in [6.07, 6.45) is 3.57. The Morgan fingerprint density at radius 2 is 2.22 bits per heavy atom. The van der Waals surface area contributed by atoms with Gasteiger partial charge >= 0.3 is 5.97 Å². The highest BCUT2D eigenvalue weighted by molar-refractivity contribution is 9.10. The molecule has 4 heteroatoms. The maximum atomic E-state index is 10.9. The lowest BCUT2D eigenvalue weighted by Gasteiger charge is -2.19. The fourth-order valence-corrected chi connectivity index (χ4v) is 3.12. The first-order chi connectivity index (χ1) is 8.37. The van der Waals surface area contributed by atoms with Crippen molar-refractivity contribution in [3.63, 3.8) is 0 Å². The fourth-order valence-electron chi connectivity index (χ4n) is 2.57. The van der Waals surface area contributed by atoms with Crippen LogP contribution >= 0.6 is 15.9 Å². The van der Waals surface area contributed by atoms with E-state index in [1.807, 2.05) is 12.1 Å². The molecule has 1 aliphatic rings. The van der Waals surface area contributed by atoms with Crippen LogP contribution in [0.3, 0.4) is 0 Å². The fraction of sp³-hybridized carbons (Fsp3) is 0.500. The van der Waals surface area contributed by atoms with Gasteiger partial charge in [0.15, 0.2) is 0 Å². The molecule has 98 valence electrons. The van der Waals surface area contributed by atoms with Crippen LogP contribution in [0.15, 0.2) is 22.7 Å². The Bertz CT molecular complexity index is 471. The Morgan fingerprint density at radius 1 is 1.50 bits per heavy atom. The minimum atomic E-state index is -0.907. The highest BCUT2D eigenvalue weighted by Crippen LogP contribution is 2.38. The first-order valence-electron chi connectivity index (χ1n) is 6.17. The van der Waals surface area contributed by atoms with Gasteiger partial charge in [0.25, 0.3) is 0 Å². The van der Waals surface area contributed by atoms with Crippen molar-refractivity contribution in [2.45, 2.75) is 39.2 Å². The van der Waals surface area contributed by atoms with Gasteiger partial charge in [0.05, 0.1) is 5.56 Å². The Hall–Kier alpha value is -1.03. The highest BCUT2D eigenvalue weighted by atomic mass is 79.9. The molecule has 1 aromatic carbocycles. The predicted molar refractivity (Wildman–Crippen MR) is 76.1 cm³/mol. The summed E-state index contributed by atoms with van der Waals surface area (Å²) in [5, 5.41) is 12.4. The summed E-state index contributed by atoms with van der Waals surface area (Å²) >= 11 is 3.30. The van der Waals surface area contributed by atoms with Gasteiger partial charge in [-0.25, -0.2) is 4.79 Å². The topological polar surface area (TPSA) is 49.3 Å². The molecule has 1 fully saturated rings. The number of hydrogen-bond acceptors (Lipinski definition) is 2. The number of aromatic carboxylic acids is 1. The number of benzene rings is 1. The van der Waals surface area contributed by atoms with Crippen LogP contribution in [-0.4, -0.2) is 17.1 Å². The molecular weight excluding hydrogens is 294 g/mol. The average molecular weight is 312 g/mol. The maximum absolute atomic E-state index is 10.9. The molecule has 3 nitrogen and oxygen atoms in total. The van der Waals surface area contributed by atoms with Crippen molar-refractivity contribution < 1.29 is 9.90 Å². The zero-order valence-electron chi connectivity index (χ0n) is 10.7. The molecule has 18 heavy (non-hydrogen) atoms. The molecule has 1 saturated carbocycles. The van der Waals surface area contributed by atoms with Gasteiger partial charge in [-0.15, -0.1) is 0 Å². The van der Waals surface area contributed by atoms with E-state index in [-0.39, 0.29) is 0 Å². The molecule has 1 aliphatic carbocycles. The molecule has 2 N–H and O–H groups in total. The van der Waals surface area contributed by atoms with Crippen molar-refractivity contribution in [2.75, 3.05) is 5.32 Å². The second kappa shape index (κ2) is 4.92. The third-order valence-electron chi connectivity index (χ3n) is 3.54. The largest absolute Gasteiger partial charge is 0.478 e. The first kappa shape index (κ1) is 13.4. The molecule has 2 rings (SSSR count). The number of rotatable bonds is 3. The van der Waals surface area contributed by atoms with E-state index in [1.165, 1.54) is 12.8 Å². The first-order valence-corrected chi connectivity index (χ1v) is 6.96. The molecule has 0 amide bonds. The summed E-state index contributed by atoms with van der Waals surface area (Å²) in [4.78, 5) is 10.9. The summed E-state index contributed by atoms with van der Waals surface area (Å²) in [7, 11) is 0. The number of halogens is 1. The van der Waals surface area contributed by atoms with Crippen LogP contribution in [0, 0.1) is 5.41 Å². The minimum Gasteiger partial charge on any atom is -0.478 e. The lowest BCUT2D eigenvalue weighted by atomic mass is 9.92. The van der Waals surface area contributed by atoms with Gasteiger partial charge in [-0.05, 0) is 58.8 Å². The van der Waals surface area contributed by atoms with E-state index in [1.54, 1.807) is 6.07 Å². The molecule has 0 aliphatic heterocycles. The van der Waals surface area contributed by atoms with E-state index in [9.17, 15) is 4.79 Å². The molecule has 0 spiro atoms. The highest BCUT2D eigenvalue weighted by Gasteiger charge is 2.30. The summed E-state index contributed by atoms with van der Waals surface area (Å²) in [5.74, 6) is -0.907. The van der Waals surface area contributed by atoms with E-state index in [2.05, 4.69) is 35.1 Å². The number of carbonyl (C=O) groups is 1. The van der Waals surface area contributed by atoms with Crippen molar-refractivity contribution in [1.82, 2.24) is 0 Å². The van der Waals surface area contributed by atoms with Crippen molar-refractivity contribution in [3.8, 4) is 0 Å². The van der Waals surface area contributed by atoms with E-state index in [0.717, 1.165) is 12.1 Å². The second-order valence-electron chi connectivity index (χ2n) is 5.75. The molecule has 1 unspecified atom stereocenters. The summed E-state index contributed by atoms with van der Waals surface area (Å²) in [6.45, 7) is 4.58. The van der Waals surface area contributed by atoms with Gasteiger partial charge < -0.3 is 10.4 Å². The summed E-state index contributed by atoms with van der Waals surface area (Å²) in [6, 6.07) is 5.80. The van der Waals surface area contributed by atoms with E-state index >= 15 is 0 Å². The smallest absolute Gasteiger partial charge is 0.336 e. The average Bonchev–Trinajstić information content (AvgIpc) is 2.57. The monoisotopic (exact) mass is 311 g/mol. The van der Waals surface area contributed by atoms with Crippen LogP contribution in [0.2, 0.25) is 0 Å². The van der Waals surface area contributed by atoms with Crippen molar-refractivity contribution in [1.29, 1.82) is 0 Å². The minimum absolute atomic E-state index is 0.298. The van der Waals surface area contributed by atoms with Gasteiger partial charge in [0.1, 0.15) is 0 Å². The Balaban J connectivity index is 2.07. The molecule has 0 heterocycles. The number of carboxylic acid groups (broad SMARTS) is 1. The van der Waals surface area contributed by atoms with Crippen molar-refractivity contribution in [2.24, 2.45) is 5.41 Å². The van der Waals surface area contributed by atoms with Crippen molar-refractivity contribution >= 4 is 27.6 Å². The second-order valence-corrected chi connectivity index (χ2v) is 6.60. The predicted octanol–water partition coefficient (Wildman–Crippen LogP) is 4.14. The van der Waals surface area contributed by atoms with Crippen LogP contribution in [0.5, 0.6) is 0 Å². The molecular formula is C14H18BrNO2. The quantitative estimate of drug-likeness (QED) is 0.882. The Morgan fingerprint density at radius 3 is 2.72 bits per heavy atom. The van der Waals surface area contributed by atoms with Gasteiger partial charge in [0, 0.05) is 16.2 Å². The summed E-state index contributed by atoms with van der Waals surface area (Å²) in [5.41, 5.74) is 1.69. The van der Waals surface area contributed by atoms with Crippen LogP contribution in [0.25, 0.3) is 0 Å². The lowest BCUT2D eigenvalue weighted by Crippen LogP contribution is -2.17.